The largest absolute Gasteiger partial charge is 0.460 e. The zero-order valence-electron chi connectivity index (χ0n) is 14.0. The van der Waals surface area contributed by atoms with E-state index in [-0.39, 0.29) is 18.4 Å². The molecule has 1 unspecified atom stereocenters. The van der Waals surface area contributed by atoms with Gasteiger partial charge in [0.25, 0.3) is 0 Å². The van der Waals surface area contributed by atoms with Crippen molar-refractivity contribution in [3.8, 4) is 0 Å². The highest BCUT2D eigenvalue weighted by molar-refractivity contribution is 5.94. The Morgan fingerprint density at radius 1 is 1.17 bits per heavy atom. The molecule has 0 aromatic heterocycles. The summed E-state index contributed by atoms with van der Waals surface area (Å²) in [6.45, 7) is 7.90. The molecule has 0 saturated heterocycles. The van der Waals surface area contributed by atoms with Gasteiger partial charge in [-0.25, -0.2) is 0 Å². The third-order valence-electron chi connectivity index (χ3n) is 3.39. The Balaban J connectivity index is 2.41. The molecule has 23 heavy (non-hydrogen) atoms. The van der Waals surface area contributed by atoms with E-state index in [4.69, 9.17) is 9.47 Å². The zero-order valence-corrected chi connectivity index (χ0v) is 14.0. The zero-order chi connectivity index (χ0) is 17.1. The molecule has 1 aromatic rings. The van der Waals surface area contributed by atoms with Crippen LogP contribution in [0, 0.1) is 0 Å². The number of carbonyl (C=O) groups is 2. The first-order chi connectivity index (χ1) is 11.0. The molecule has 1 rings (SSSR count). The van der Waals surface area contributed by atoms with Crippen molar-refractivity contribution in [1.29, 1.82) is 0 Å². The summed E-state index contributed by atoms with van der Waals surface area (Å²) in [7, 11) is 0. The number of Topliss-reactive ketones (excluding diaryl/α,β-unsaturated/α-hetero) is 1. The van der Waals surface area contributed by atoms with Crippen LogP contribution in [0.3, 0.4) is 0 Å². The molecular formula is C19H26O4. The van der Waals surface area contributed by atoms with Gasteiger partial charge in [0, 0.05) is 13.3 Å². The number of benzene rings is 1. The smallest absolute Gasteiger partial charge is 0.302 e. The minimum Gasteiger partial charge on any atom is -0.460 e. The first-order valence-electron chi connectivity index (χ1n) is 8.02. The minimum absolute atomic E-state index is 0.0343. The molecule has 0 aliphatic carbocycles. The Labute approximate surface area is 138 Å². The Kier molecular flexibility index (Phi) is 8.91. The first-order valence-corrected chi connectivity index (χ1v) is 8.02. The molecule has 0 bridgehead atoms. The van der Waals surface area contributed by atoms with Crippen LogP contribution in [0.1, 0.15) is 45.1 Å². The van der Waals surface area contributed by atoms with Crippen LogP contribution >= 0.6 is 0 Å². The van der Waals surface area contributed by atoms with Gasteiger partial charge in [-0.15, -0.1) is 0 Å². The van der Waals surface area contributed by atoms with E-state index >= 15 is 0 Å². The summed E-state index contributed by atoms with van der Waals surface area (Å²) in [5.74, 6) is -0.329. The number of hydrogen-bond acceptors (Lipinski definition) is 4. The average Bonchev–Trinajstić information content (AvgIpc) is 2.53. The van der Waals surface area contributed by atoms with E-state index in [0.29, 0.717) is 31.4 Å². The Morgan fingerprint density at radius 2 is 1.87 bits per heavy atom. The average molecular weight is 318 g/mol. The van der Waals surface area contributed by atoms with E-state index < -0.39 is 6.10 Å². The molecule has 0 heterocycles. The van der Waals surface area contributed by atoms with Crippen molar-refractivity contribution in [2.75, 3.05) is 6.61 Å². The van der Waals surface area contributed by atoms with Crippen LogP contribution in [0.4, 0.5) is 0 Å². The quantitative estimate of drug-likeness (QED) is 0.459. The summed E-state index contributed by atoms with van der Waals surface area (Å²) in [5, 5.41) is 0. The van der Waals surface area contributed by atoms with Crippen molar-refractivity contribution >= 4 is 11.8 Å². The van der Waals surface area contributed by atoms with Crippen LogP contribution in [0.15, 0.2) is 42.5 Å². The monoisotopic (exact) mass is 318 g/mol. The molecule has 0 N–H and O–H groups in total. The lowest BCUT2D eigenvalue weighted by atomic mass is 10.0. The summed E-state index contributed by atoms with van der Waals surface area (Å²) >= 11 is 0. The van der Waals surface area contributed by atoms with Crippen LogP contribution in [-0.2, 0) is 25.7 Å². The highest BCUT2D eigenvalue weighted by Crippen LogP contribution is 2.12. The molecule has 4 nitrogen and oxygen atoms in total. The lowest BCUT2D eigenvalue weighted by Crippen LogP contribution is -2.23. The molecule has 1 aromatic carbocycles. The molecule has 126 valence electrons. The number of ether oxygens (including phenoxy) is 2. The van der Waals surface area contributed by atoms with Crippen LogP contribution in [-0.4, -0.2) is 24.5 Å². The van der Waals surface area contributed by atoms with Gasteiger partial charge in [0.2, 0.25) is 0 Å². The standard InChI is InChI=1S/C19H26O4/c1-4-8-15(2)19(21)12-11-18(23-16(3)20)14-22-13-17-9-6-5-7-10-17/h5-7,9-10,18H,2,4,8,11-14H2,1,3H3. The number of allylic oxidation sites excluding steroid dienone is 1. The van der Waals surface area contributed by atoms with Crippen molar-refractivity contribution < 1.29 is 19.1 Å². The maximum atomic E-state index is 11.9. The Morgan fingerprint density at radius 3 is 2.48 bits per heavy atom. The normalized spacial score (nSPS) is 11.7. The summed E-state index contributed by atoms with van der Waals surface area (Å²) < 4.78 is 10.8. The van der Waals surface area contributed by atoms with Crippen molar-refractivity contribution in [1.82, 2.24) is 0 Å². The maximum Gasteiger partial charge on any atom is 0.302 e. The molecule has 0 spiro atoms. The van der Waals surface area contributed by atoms with Crippen LogP contribution in [0.25, 0.3) is 0 Å². The van der Waals surface area contributed by atoms with Gasteiger partial charge < -0.3 is 9.47 Å². The van der Waals surface area contributed by atoms with Gasteiger partial charge in [-0.05, 0) is 24.0 Å². The summed E-state index contributed by atoms with van der Waals surface area (Å²) in [6, 6.07) is 9.78. The van der Waals surface area contributed by atoms with E-state index in [2.05, 4.69) is 6.58 Å². The second-order valence-corrected chi connectivity index (χ2v) is 5.55. The van der Waals surface area contributed by atoms with Gasteiger partial charge in [-0.3, -0.25) is 9.59 Å². The summed E-state index contributed by atoms with van der Waals surface area (Å²) in [5.41, 5.74) is 1.70. The van der Waals surface area contributed by atoms with Crippen LogP contribution < -0.4 is 0 Å². The molecular weight excluding hydrogens is 292 g/mol. The number of ketones is 1. The predicted octanol–water partition coefficient (Wildman–Crippen LogP) is 3.84. The molecule has 0 aliphatic heterocycles. The number of rotatable bonds is 11. The molecule has 0 aliphatic rings. The van der Waals surface area contributed by atoms with Crippen molar-refractivity contribution in [3.63, 3.8) is 0 Å². The summed E-state index contributed by atoms with van der Waals surface area (Å²) in [6.07, 6.45) is 1.98. The third kappa shape index (κ3) is 8.31. The van der Waals surface area contributed by atoms with Gasteiger partial charge in [-0.1, -0.05) is 50.3 Å². The molecule has 4 heteroatoms. The van der Waals surface area contributed by atoms with E-state index in [1.807, 2.05) is 37.3 Å². The molecule has 0 amide bonds. The van der Waals surface area contributed by atoms with Gasteiger partial charge >= 0.3 is 5.97 Å². The van der Waals surface area contributed by atoms with Gasteiger partial charge in [0.15, 0.2) is 5.78 Å². The molecule has 0 fully saturated rings. The third-order valence-corrected chi connectivity index (χ3v) is 3.39. The SMILES string of the molecule is C=C(CCC)C(=O)CCC(COCc1ccccc1)OC(C)=O. The van der Waals surface area contributed by atoms with Gasteiger partial charge in [-0.2, -0.15) is 0 Å². The predicted molar refractivity (Wildman–Crippen MR) is 89.9 cm³/mol. The summed E-state index contributed by atoms with van der Waals surface area (Å²) in [4.78, 5) is 23.1. The van der Waals surface area contributed by atoms with E-state index in [1.165, 1.54) is 6.92 Å². The fraction of sp³-hybridized carbons (Fsp3) is 0.474. The molecule has 1 atom stereocenters. The van der Waals surface area contributed by atoms with Gasteiger partial charge in [0.1, 0.15) is 6.10 Å². The van der Waals surface area contributed by atoms with E-state index in [9.17, 15) is 9.59 Å². The fourth-order valence-electron chi connectivity index (χ4n) is 2.20. The highest BCUT2D eigenvalue weighted by Gasteiger charge is 2.16. The number of hydrogen-bond donors (Lipinski definition) is 0. The Hall–Kier alpha value is -1.94. The lowest BCUT2D eigenvalue weighted by molar-refractivity contribution is -0.150. The maximum absolute atomic E-state index is 11.9. The topological polar surface area (TPSA) is 52.6 Å². The number of carbonyl (C=O) groups excluding carboxylic acids is 2. The second kappa shape index (κ2) is 10.7. The van der Waals surface area contributed by atoms with Gasteiger partial charge in [0.05, 0.1) is 13.2 Å². The number of esters is 1. The van der Waals surface area contributed by atoms with Crippen molar-refractivity contribution in [3.05, 3.63) is 48.0 Å². The van der Waals surface area contributed by atoms with Crippen LogP contribution in [0.5, 0.6) is 0 Å². The molecule has 0 radical (unpaired) electrons. The fourth-order valence-corrected chi connectivity index (χ4v) is 2.20. The van der Waals surface area contributed by atoms with E-state index in [0.717, 1.165) is 12.0 Å². The van der Waals surface area contributed by atoms with Crippen molar-refractivity contribution in [2.45, 2.75) is 52.2 Å². The first kappa shape index (κ1) is 19.1. The van der Waals surface area contributed by atoms with Crippen molar-refractivity contribution in [2.24, 2.45) is 0 Å². The lowest BCUT2D eigenvalue weighted by Gasteiger charge is -2.17. The van der Waals surface area contributed by atoms with Crippen LogP contribution in [0.2, 0.25) is 0 Å². The Bertz CT molecular complexity index is 507. The van der Waals surface area contributed by atoms with E-state index in [1.54, 1.807) is 0 Å². The molecule has 0 saturated carbocycles. The highest BCUT2D eigenvalue weighted by atomic mass is 16.6. The second-order valence-electron chi connectivity index (χ2n) is 5.55. The minimum atomic E-state index is -0.408.